The SMILES string of the molecule is Cc1cc(CN2CCCN(C(=O)c3nn(-c4ccccc4)nc3C)CC2)no1. The highest BCUT2D eigenvalue weighted by Crippen LogP contribution is 2.14. The summed E-state index contributed by atoms with van der Waals surface area (Å²) in [6.07, 6.45) is 0.911. The summed E-state index contributed by atoms with van der Waals surface area (Å²) >= 11 is 0. The van der Waals surface area contributed by atoms with Gasteiger partial charge in [-0.15, -0.1) is 5.10 Å². The van der Waals surface area contributed by atoms with Crippen molar-refractivity contribution >= 4 is 5.91 Å². The van der Waals surface area contributed by atoms with Crippen LogP contribution < -0.4 is 0 Å². The number of hydrogen-bond donors (Lipinski definition) is 0. The zero-order chi connectivity index (χ0) is 19.5. The standard InChI is InChI=1S/C20H24N6O2/c1-15-13-17(23-28-15)14-24-9-6-10-25(12-11-24)20(27)19-16(2)21-26(22-19)18-7-4-3-5-8-18/h3-5,7-8,13H,6,9-12,14H2,1-2H3. The Morgan fingerprint density at radius 1 is 1.07 bits per heavy atom. The molecule has 28 heavy (non-hydrogen) atoms. The maximum absolute atomic E-state index is 13.1. The number of amides is 1. The normalized spacial score (nSPS) is 15.6. The lowest BCUT2D eigenvalue weighted by molar-refractivity contribution is 0.0754. The third-order valence-electron chi connectivity index (χ3n) is 4.91. The Hall–Kier alpha value is -3.00. The van der Waals surface area contributed by atoms with E-state index in [9.17, 15) is 4.79 Å². The summed E-state index contributed by atoms with van der Waals surface area (Å²) in [5, 5.41) is 12.9. The van der Waals surface area contributed by atoms with E-state index in [1.807, 2.05) is 55.1 Å². The third-order valence-corrected chi connectivity index (χ3v) is 4.91. The van der Waals surface area contributed by atoms with Gasteiger partial charge in [0.05, 0.1) is 17.1 Å². The van der Waals surface area contributed by atoms with Crippen molar-refractivity contribution in [2.75, 3.05) is 26.2 Å². The lowest BCUT2D eigenvalue weighted by Crippen LogP contribution is -2.35. The number of carbonyl (C=O) groups is 1. The third kappa shape index (κ3) is 3.96. The topological polar surface area (TPSA) is 80.3 Å². The maximum Gasteiger partial charge on any atom is 0.276 e. The van der Waals surface area contributed by atoms with E-state index >= 15 is 0 Å². The molecule has 4 rings (SSSR count). The van der Waals surface area contributed by atoms with Crippen LogP contribution in [-0.2, 0) is 6.54 Å². The van der Waals surface area contributed by atoms with Gasteiger partial charge < -0.3 is 9.42 Å². The van der Waals surface area contributed by atoms with E-state index in [1.165, 1.54) is 4.80 Å². The number of carbonyl (C=O) groups excluding carboxylic acids is 1. The first-order valence-electron chi connectivity index (χ1n) is 9.53. The minimum absolute atomic E-state index is 0.0567. The van der Waals surface area contributed by atoms with Crippen LogP contribution in [0.2, 0.25) is 0 Å². The fraction of sp³-hybridized carbons (Fsp3) is 0.400. The molecular weight excluding hydrogens is 356 g/mol. The van der Waals surface area contributed by atoms with Crippen LogP contribution in [0.3, 0.4) is 0 Å². The number of nitrogens with zero attached hydrogens (tertiary/aromatic N) is 6. The monoisotopic (exact) mass is 380 g/mol. The average Bonchev–Trinajstić information content (AvgIpc) is 3.21. The van der Waals surface area contributed by atoms with Crippen LogP contribution in [0.4, 0.5) is 0 Å². The first kappa shape index (κ1) is 18.4. The van der Waals surface area contributed by atoms with E-state index in [0.717, 1.165) is 43.2 Å². The number of hydrogen-bond acceptors (Lipinski definition) is 6. The van der Waals surface area contributed by atoms with Crippen molar-refractivity contribution in [2.45, 2.75) is 26.8 Å². The molecule has 1 aliphatic rings. The summed E-state index contributed by atoms with van der Waals surface area (Å²) in [7, 11) is 0. The summed E-state index contributed by atoms with van der Waals surface area (Å²) < 4.78 is 5.15. The van der Waals surface area contributed by atoms with Crippen LogP contribution in [-0.4, -0.2) is 62.0 Å². The molecule has 0 unspecified atom stereocenters. The van der Waals surface area contributed by atoms with Crippen molar-refractivity contribution in [1.29, 1.82) is 0 Å². The van der Waals surface area contributed by atoms with Gasteiger partial charge in [0.1, 0.15) is 5.76 Å². The molecule has 0 aliphatic carbocycles. The number of aryl methyl sites for hydroxylation is 2. The summed E-state index contributed by atoms with van der Waals surface area (Å²) in [5.74, 6) is 0.761. The Kier molecular flexibility index (Phi) is 5.21. The number of rotatable bonds is 4. The fourth-order valence-electron chi connectivity index (χ4n) is 3.46. The van der Waals surface area contributed by atoms with Gasteiger partial charge >= 0.3 is 0 Å². The van der Waals surface area contributed by atoms with Crippen LogP contribution in [0.5, 0.6) is 0 Å². The Morgan fingerprint density at radius 2 is 1.89 bits per heavy atom. The predicted molar refractivity (Wildman–Crippen MR) is 103 cm³/mol. The van der Waals surface area contributed by atoms with Crippen molar-refractivity contribution in [1.82, 2.24) is 30.0 Å². The van der Waals surface area contributed by atoms with Gasteiger partial charge in [-0.05, 0) is 32.4 Å². The van der Waals surface area contributed by atoms with E-state index in [2.05, 4.69) is 20.3 Å². The lowest BCUT2D eigenvalue weighted by Gasteiger charge is -2.20. The zero-order valence-electron chi connectivity index (χ0n) is 16.2. The Morgan fingerprint density at radius 3 is 2.64 bits per heavy atom. The van der Waals surface area contributed by atoms with Gasteiger partial charge in [0, 0.05) is 38.8 Å². The van der Waals surface area contributed by atoms with E-state index in [0.29, 0.717) is 24.5 Å². The second-order valence-corrected chi connectivity index (χ2v) is 7.11. The van der Waals surface area contributed by atoms with Crippen molar-refractivity contribution < 1.29 is 9.32 Å². The molecule has 1 saturated heterocycles. The van der Waals surface area contributed by atoms with E-state index in [1.54, 1.807) is 0 Å². The van der Waals surface area contributed by atoms with Crippen LogP contribution >= 0.6 is 0 Å². The molecule has 2 aromatic heterocycles. The molecule has 1 fully saturated rings. The molecule has 1 amide bonds. The lowest BCUT2D eigenvalue weighted by atomic mass is 10.3. The first-order valence-corrected chi connectivity index (χ1v) is 9.53. The molecule has 3 heterocycles. The maximum atomic E-state index is 13.1. The molecule has 0 spiro atoms. The van der Waals surface area contributed by atoms with Crippen LogP contribution in [0.1, 0.15) is 34.1 Å². The molecule has 0 radical (unpaired) electrons. The highest BCUT2D eigenvalue weighted by Gasteiger charge is 2.25. The van der Waals surface area contributed by atoms with Crippen molar-refractivity contribution in [3.63, 3.8) is 0 Å². The van der Waals surface area contributed by atoms with Gasteiger partial charge in [-0.25, -0.2) is 0 Å². The molecule has 1 aliphatic heterocycles. The smallest absolute Gasteiger partial charge is 0.276 e. The van der Waals surface area contributed by atoms with Crippen LogP contribution in [0.25, 0.3) is 5.69 Å². The summed E-state index contributed by atoms with van der Waals surface area (Å²) in [5.41, 5.74) is 2.84. The Labute approximate surface area is 163 Å². The quantitative estimate of drug-likeness (QED) is 0.690. The molecule has 0 atom stereocenters. The second kappa shape index (κ2) is 7.93. The minimum Gasteiger partial charge on any atom is -0.361 e. The fourth-order valence-corrected chi connectivity index (χ4v) is 3.46. The van der Waals surface area contributed by atoms with Gasteiger partial charge in [0.15, 0.2) is 5.69 Å². The van der Waals surface area contributed by atoms with Crippen molar-refractivity contribution in [3.05, 3.63) is 59.2 Å². The molecule has 3 aromatic rings. The van der Waals surface area contributed by atoms with E-state index in [4.69, 9.17) is 4.52 Å². The van der Waals surface area contributed by atoms with Crippen molar-refractivity contribution in [2.24, 2.45) is 0 Å². The minimum atomic E-state index is -0.0567. The van der Waals surface area contributed by atoms with E-state index in [-0.39, 0.29) is 5.91 Å². The number of aromatic nitrogens is 4. The molecule has 8 nitrogen and oxygen atoms in total. The van der Waals surface area contributed by atoms with Crippen LogP contribution in [0, 0.1) is 13.8 Å². The molecule has 146 valence electrons. The summed E-state index contributed by atoms with van der Waals surface area (Å²) in [6, 6.07) is 11.6. The summed E-state index contributed by atoms with van der Waals surface area (Å²) in [6.45, 7) is 7.55. The highest BCUT2D eigenvalue weighted by atomic mass is 16.5. The average molecular weight is 380 g/mol. The van der Waals surface area contributed by atoms with Gasteiger partial charge in [-0.3, -0.25) is 9.69 Å². The molecule has 1 aromatic carbocycles. The molecular formula is C20H24N6O2. The molecule has 0 bridgehead atoms. The van der Waals surface area contributed by atoms with Gasteiger partial charge in [-0.2, -0.15) is 9.90 Å². The Bertz CT molecular complexity index is 949. The van der Waals surface area contributed by atoms with Gasteiger partial charge in [-0.1, -0.05) is 23.4 Å². The number of para-hydroxylation sites is 1. The van der Waals surface area contributed by atoms with Gasteiger partial charge in [0.25, 0.3) is 5.91 Å². The molecule has 0 saturated carbocycles. The van der Waals surface area contributed by atoms with Crippen LogP contribution in [0.15, 0.2) is 40.9 Å². The second-order valence-electron chi connectivity index (χ2n) is 7.11. The van der Waals surface area contributed by atoms with Crippen molar-refractivity contribution in [3.8, 4) is 5.69 Å². The first-order chi connectivity index (χ1) is 13.6. The van der Waals surface area contributed by atoms with E-state index < -0.39 is 0 Å². The molecule has 8 heteroatoms. The van der Waals surface area contributed by atoms with Gasteiger partial charge in [0.2, 0.25) is 0 Å². The summed E-state index contributed by atoms with van der Waals surface area (Å²) in [4.78, 5) is 18.8. The highest BCUT2D eigenvalue weighted by molar-refractivity contribution is 5.93. The zero-order valence-corrected chi connectivity index (χ0v) is 16.2. The number of benzene rings is 1. The Balaban J connectivity index is 1.43. The largest absolute Gasteiger partial charge is 0.361 e. The predicted octanol–water partition coefficient (Wildman–Crippen LogP) is 2.22. The molecule has 0 N–H and O–H groups in total.